The third-order valence-electron chi connectivity index (χ3n) is 4.22. The lowest BCUT2D eigenvalue weighted by Crippen LogP contribution is -2.40. The van der Waals surface area contributed by atoms with Crippen LogP contribution in [-0.4, -0.2) is 33.1 Å². The number of carbonyl (C=O) groups is 1. The van der Waals surface area contributed by atoms with Crippen LogP contribution in [0.5, 0.6) is 0 Å². The number of halogens is 1. The topological polar surface area (TPSA) is 58.2 Å². The third-order valence-corrected chi connectivity index (χ3v) is 4.43. The number of H-pyrrole nitrogens is 1. The maximum atomic E-state index is 12.6. The SMILES string of the molecule is CC(C)(C)OC(=O)N(Cc1cc2ccc(Cl)nc2[nH]1)CC1CCC1. The van der Waals surface area contributed by atoms with Crippen molar-refractivity contribution in [1.29, 1.82) is 0 Å². The molecule has 6 heteroatoms. The highest BCUT2D eigenvalue weighted by Crippen LogP contribution is 2.28. The number of nitrogens with zero attached hydrogens (tertiary/aromatic N) is 2. The number of carbonyl (C=O) groups excluding carboxylic acids is 1. The molecule has 0 atom stereocenters. The van der Waals surface area contributed by atoms with Crippen LogP contribution < -0.4 is 0 Å². The van der Waals surface area contributed by atoms with Gasteiger partial charge in [-0.2, -0.15) is 0 Å². The van der Waals surface area contributed by atoms with Crippen molar-refractivity contribution in [1.82, 2.24) is 14.9 Å². The van der Waals surface area contributed by atoms with E-state index >= 15 is 0 Å². The molecule has 2 aromatic rings. The van der Waals surface area contributed by atoms with Crippen molar-refractivity contribution < 1.29 is 9.53 Å². The predicted molar refractivity (Wildman–Crippen MR) is 95.1 cm³/mol. The number of amides is 1. The molecule has 0 saturated heterocycles. The van der Waals surface area contributed by atoms with E-state index < -0.39 is 5.60 Å². The monoisotopic (exact) mass is 349 g/mol. The van der Waals surface area contributed by atoms with Gasteiger partial charge in [-0.3, -0.25) is 0 Å². The number of hydrogen-bond acceptors (Lipinski definition) is 3. The number of aromatic amines is 1. The molecule has 1 amide bonds. The largest absolute Gasteiger partial charge is 0.444 e. The molecular formula is C18H24ClN3O2. The Kier molecular flexibility index (Phi) is 4.72. The van der Waals surface area contributed by atoms with Crippen LogP contribution in [0, 0.1) is 5.92 Å². The van der Waals surface area contributed by atoms with Crippen LogP contribution in [0.25, 0.3) is 11.0 Å². The van der Waals surface area contributed by atoms with Crippen molar-refractivity contribution >= 4 is 28.7 Å². The standard InChI is InChI=1S/C18H24ClN3O2/c1-18(2,3)24-17(23)22(10-12-5-4-6-12)11-14-9-13-7-8-15(19)21-16(13)20-14/h7-9,12H,4-6,10-11H2,1-3H3,(H,20,21). The number of pyridine rings is 1. The summed E-state index contributed by atoms with van der Waals surface area (Å²) in [7, 11) is 0. The van der Waals surface area contributed by atoms with E-state index in [0.717, 1.165) is 23.3 Å². The van der Waals surface area contributed by atoms with Gasteiger partial charge in [0.15, 0.2) is 0 Å². The molecule has 24 heavy (non-hydrogen) atoms. The fourth-order valence-electron chi connectivity index (χ4n) is 2.85. The van der Waals surface area contributed by atoms with E-state index in [1.165, 1.54) is 19.3 Å². The Morgan fingerprint density at radius 3 is 2.79 bits per heavy atom. The van der Waals surface area contributed by atoms with E-state index in [1.54, 1.807) is 11.0 Å². The van der Waals surface area contributed by atoms with E-state index in [0.29, 0.717) is 17.6 Å². The van der Waals surface area contributed by atoms with Gasteiger partial charge in [-0.25, -0.2) is 9.78 Å². The number of aromatic nitrogens is 2. The van der Waals surface area contributed by atoms with Gasteiger partial charge in [0.05, 0.1) is 6.54 Å². The summed E-state index contributed by atoms with van der Waals surface area (Å²) >= 11 is 5.94. The van der Waals surface area contributed by atoms with Crippen molar-refractivity contribution in [2.75, 3.05) is 6.54 Å². The minimum Gasteiger partial charge on any atom is -0.444 e. The van der Waals surface area contributed by atoms with E-state index in [9.17, 15) is 4.79 Å². The molecule has 5 nitrogen and oxygen atoms in total. The van der Waals surface area contributed by atoms with E-state index in [-0.39, 0.29) is 6.09 Å². The van der Waals surface area contributed by atoms with Crippen molar-refractivity contribution in [3.05, 3.63) is 29.0 Å². The van der Waals surface area contributed by atoms with Crippen LogP contribution in [0.2, 0.25) is 5.15 Å². The molecule has 0 bridgehead atoms. The van der Waals surface area contributed by atoms with Gasteiger partial charge in [0.2, 0.25) is 0 Å². The van der Waals surface area contributed by atoms with E-state index in [4.69, 9.17) is 16.3 Å². The lowest BCUT2D eigenvalue weighted by molar-refractivity contribution is 0.0171. The van der Waals surface area contributed by atoms with Gasteiger partial charge in [-0.1, -0.05) is 18.0 Å². The summed E-state index contributed by atoms with van der Waals surface area (Å²) < 4.78 is 5.57. The van der Waals surface area contributed by atoms with Crippen molar-refractivity contribution in [3.63, 3.8) is 0 Å². The molecule has 1 fully saturated rings. The van der Waals surface area contributed by atoms with Crippen molar-refractivity contribution in [3.8, 4) is 0 Å². The summed E-state index contributed by atoms with van der Waals surface area (Å²) in [5, 5.41) is 1.44. The Balaban J connectivity index is 1.77. The second kappa shape index (κ2) is 6.63. The number of ether oxygens (including phenoxy) is 1. The van der Waals surface area contributed by atoms with E-state index in [2.05, 4.69) is 9.97 Å². The molecule has 2 aromatic heterocycles. The summed E-state index contributed by atoms with van der Waals surface area (Å²) in [6, 6.07) is 5.70. The summed E-state index contributed by atoms with van der Waals surface area (Å²) in [4.78, 5) is 21.9. The maximum Gasteiger partial charge on any atom is 0.410 e. The van der Waals surface area contributed by atoms with Gasteiger partial charge in [-0.15, -0.1) is 0 Å². The average Bonchev–Trinajstić information content (AvgIpc) is 2.80. The highest BCUT2D eigenvalue weighted by molar-refractivity contribution is 6.29. The molecule has 0 aliphatic heterocycles. The fraction of sp³-hybridized carbons (Fsp3) is 0.556. The molecule has 1 aliphatic rings. The molecule has 1 saturated carbocycles. The third kappa shape index (κ3) is 4.20. The van der Waals surface area contributed by atoms with Crippen molar-refractivity contribution in [2.24, 2.45) is 5.92 Å². The minimum absolute atomic E-state index is 0.265. The molecule has 0 aromatic carbocycles. The molecule has 1 N–H and O–H groups in total. The number of rotatable bonds is 4. The first kappa shape index (κ1) is 17.1. The first-order valence-corrected chi connectivity index (χ1v) is 8.80. The van der Waals surface area contributed by atoms with Crippen LogP contribution in [-0.2, 0) is 11.3 Å². The second-order valence-corrected chi connectivity index (χ2v) is 7.91. The normalized spacial score (nSPS) is 15.3. The van der Waals surface area contributed by atoms with Crippen LogP contribution in [0.15, 0.2) is 18.2 Å². The fourth-order valence-corrected chi connectivity index (χ4v) is 2.99. The first-order chi connectivity index (χ1) is 11.3. The Morgan fingerprint density at radius 2 is 2.17 bits per heavy atom. The minimum atomic E-state index is -0.496. The van der Waals surface area contributed by atoms with Crippen LogP contribution in [0.3, 0.4) is 0 Å². The predicted octanol–water partition coefficient (Wildman–Crippen LogP) is 4.75. The molecule has 1 aliphatic carbocycles. The summed E-state index contributed by atoms with van der Waals surface area (Å²) in [6.07, 6.45) is 3.35. The molecular weight excluding hydrogens is 326 g/mol. The average molecular weight is 350 g/mol. The lowest BCUT2D eigenvalue weighted by atomic mass is 9.85. The Morgan fingerprint density at radius 1 is 1.42 bits per heavy atom. The highest BCUT2D eigenvalue weighted by atomic mass is 35.5. The summed E-state index contributed by atoms with van der Waals surface area (Å²) in [5.74, 6) is 0.578. The summed E-state index contributed by atoms with van der Waals surface area (Å²) in [6.45, 7) is 6.89. The zero-order valence-electron chi connectivity index (χ0n) is 14.4. The molecule has 2 heterocycles. The quantitative estimate of drug-likeness (QED) is 0.810. The van der Waals surface area contributed by atoms with Crippen molar-refractivity contribution in [2.45, 2.75) is 52.2 Å². The van der Waals surface area contributed by atoms with Gasteiger partial charge < -0.3 is 14.6 Å². The van der Waals surface area contributed by atoms with E-state index in [1.807, 2.05) is 32.9 Å². The molecule has 0 radical (unpaired) electrons. The Bertz CT molecular complexity index is 731. The number of nitrogens with one attached hydrogen (secondary N) is 1. The van der Waals surface area contributed by atoms with Gasteiger partial charge >= 0.3 is 6.09 Å². The molecule has 0 spiro atoms. The number of fused-ring (bicyclic) bond motifs is 1. The van der Waals surface area contributed by atoms with Gasteiger partial charge in [0.25, 0.3) is 0 Å². The summed E-state index contributed by atoms with van der Waals surface area (Å²) in [5.41, 5.74) is 1.18. The highest BCUT2D eigenvalue weighted by Gasteiger charge is 2.27. The molecule has 3 rings (SSSR count). The van der Waals surface area contributed by atoms with Crippen LogP contribution in [0.1, 0.15) is 45.7 Å². The zero-order valence-corrected chi connectivity index (χ0v) is 15.2. The van der Waals surface area contributed by atoms with Crippen LogP contribution in [0.4, 0.5) is 4.79 Å². The zero-order chi connectivity index (χ0) is 17.3. The van der Waals surface area contributed by atoms with Gasteiger partial charge in [0.1, 0.15) is 16.4 Å². The van der Waals surface area contributed by atoms with Crippen LogP contribution >= 0.6 is 11.6 Å². The van der Waals surface area contributed by atoms with Gasteiger partial charge in [-0.05, 0) is 57.7 Å². The maximum absolute atomic E-state index is 12.6. The molecule has 0 unspecified atom stereocenters. The lowest BCUT2D eigenvalue weighted by Gasteiger charge is -2.33. The Labute approximate surface area is 147 Å². The number of hydrogen-bond donors (Lipinski definition) is 1. The second-order valence-electron chi connectivity index (χ2n) is 7.52. The Hall–Kier alpha value is -1.75. The smallest absolute Gasteiger partial charge is 0.410 e. The molecule has 130 valence electrons. The van der Waals surface area contributed by atoms with Gasteiger partial charge in [0, 0.05) is 17.6 Å². The first-order valence-electron chi connectivity index (χ1n) is 8.42.